The van der Waals surface area contributed by atoms with E-state index in [0.717, 1.165) is 45.5 Å². The summed E-state index contributed by atoms with van der Waals surface area (Å²) in [4.78, 5) is 14.5. The number of nitrogens with zero attached hydrogens (tertiary/aromatic N) is 5. The first-order valence-electron chi connectivity index (χ1n) is 11.0. The van der Waals surface area contributed by atoms with Gasteiger partial charge in [0.05, 0.1) is 17.4 Å². The van der Waals surface area contributed by atoms with Crippen LogP contribution in [0.1, 0.15) is 5.56 Å². The average Bonchev–Trinajstić information content (AvgIpc) is 3.41. The number of pyridine rings is 1. The minimum Gasteiger partial charge on any atom is -0.334 e. The maximum absolute atomic E-state index is 5.21. The second kappa shape index (κ2) is 7.00. The molecule has 0 saturated carbocycles. The Morgan fingerprint density at radius 3 is 2.36 bits per heavy atom. The number of hydrogen-bond donors (Lipinski definition) is 0. The lowest BCUT2D eigenvalue weighted by Crippen LogP contribution is -2.01. The number of fused-ring (bicyclic) bond motifs is 7. The Morgan fingerprint density at radius 1 is 0.758 bits per heavy atom. The van der Waals surface area contributed by atoms with Crippen molar-refractivity contribution in [1.29, 1.82) is 0 Å². The van der Waals surface area contributed by atoms with Crippen LogP contribution in [0.5, 0.6) is 0 Å². The second-order valence-corrected chi connectivity index (χ2v) is 8.23. The van der Waals surface area contributed by atoms with E-state index in [0.29, 0.717) is 0 Å². The van der Waals surface area contributed by atoms with Gasteiger partial charge >= 0.3 is 0 Å². The maximum atomic E-state index is 5.21. The van der Waals surface area contributed by atoms with Gasteiger partial charge in [-0.15, -0.1) is 0 Å². The molecule has 0 saturated heterocycles. The highest BCUT2D eigenvalue weighted by atomic mass is 15.1. The summed E-state index contributed by atoms with van der Waals surface area (Å²) >= 11 is 0. The van der Waals surface area contributed by atoms with Gasteiger partial charge in [0.2, 0.25) is 0 Å². The molecule has 0 bridgehead atoms. The van der Waals surface area contributed by atoms with Crippen molar-refractivity contribution in [3.05, 3.63) is 109 Å². The molecule has 4 heterocycles. The van der Waals surface area contributed by atoms with Gasteiger partial charge < -0.3 is 4.57 Å². The summed E-state index contributed by atoms with van der Waals surface area (Å²) in [5.41, 5.74) is 8.13. The van der Waals surface area contributed by atoms with Crippen molar-refractivity contribution in [2.24, 2.45) is 0 Å². The zero-order valence-electron chi connectivity index (χ0n) is 17.8. The topological polar surface area (TPSA) is 48.0 Å². The van der Waals surface area contributed by atoms with E-state index < -0.39 is 0 Å². The zero-order valence-corrected chi connectivity index (χ0v) is 17.8. The fraction of sp³-hybridized carbons (Fsp3) is 0.0357. The number of imidazole rings is 1. The third-order valence-corrected chi connectivity index (χ3v) is 6.29. The molecular formula is C28H19N5. The Morgan fingerprint density at radius 2 is 1.52 bits per heavy atom. The van der Waals surface area contributed by atoms with Gasteiger partial charge in [-0.3, -0.25) is 9.38 Å². The summed E-state index contributed by atoms with van der Waals surface area (Å²) in [6.07, 6.45) is 5.50. The summed E-state index contributed by atoms with van der Waals surface area (Å²) in [6.45, 7) is 0.757. The van der Waals surface area contributed by atoms with E-state index in [1.807, 2.05) is 16.7 Å². The van der Waals surface area contributed by atoms with Gasteiger partial charge in [0.15, 0.2) is 11.3 Å². The molecule has 0 aliphatic heterocycles. The number of rotatable bonds is 3. The van der Waals surface area contributed by atoms with Crippen LogP contribution >= 0.6 is 0 Å². The molecule has 156 valence electrons. The summed E-state index contributed by atoms with van der Waals surface area (Å²) in [7, 11) is 0. The van der Waals surface area contributed by atoms with Crippen molar-refractivity contribution >= 4 is 38.6 Å². The molecule has 7 aromatic rings. The minimum atomic E-state index is 0.757. The van der Waals surface area contributed by atoms with E-state index in [1.54, 1.807) is 12.4 Å². The van der Waals surface area contributed by atoms with Crippen LogP contribution in [0.3, 0.4) is 0 Å². The molecule has 0 radical (unpaired) electrons. The quantitative estimate of drug-likeness (QED) is 0.344. The Labute approximate surface area is 189 Å². The summed E-state index contributed by atoms with van der Waals surface area (Å²) in [6, 6.07) is 29.6. The highest BCUT2D eigenvalue weighted by Gasteiger charge is 2.22. The number of aromatic nitrogens is 5. The fourth-order valence-electron chi connectivity index (χ4n) is 4.84. The lowest BCUT2D eigenvalue weighted by atomic mass is 10.1. The predicted octanol–water partition coefficient (Wildman–Crippen LogP) is 6.10. The van der Waals surface area contributed by atoms with Crippen molar-refractivity contribution in [2.45, 2.75) is 6.54 Å². The Kier molecular flexibility index (Phi) is 3.84. The first-order valence-corrected chi connectivity index (χ1v) is 11.0. The third kappa shape index (κ3) is 2.69. The molecular weight excluding hydrogens is 406 g/mol. The van der Waals surface area contributed by atoms with Gasteiger partial charge in [0.1, 0.15) is 5.52 Å². The number of hydrogen-bond acceptors (Lipinski definition) is 3. The van der Waals surface area contributed by atoms with E-state index >= 15 is 0 Å². The summed E-state index contributed by atoms with van der Waals surface area (Å²) < 4.78 is 4.41. The SMILES string of the molecule is c1ccc(Cn2c3ccccc3c3c4nc5cnccn5c4nc(-c4ccccc4)c32)cc1. The predicted molar refractivity (Wildman–Crippen MR) is 132 cm³/mol. The van der Waals surface area contributed by atoms with Crippen LogP contribution in [0.2, 0.25) is 0 Å². The maximum Gasteiger partial charge on any atom is 0.165 e. The van der Waals surface area contributed by atoms with Gasteiger partial charge in [0, 0.05) is 40.8 Å². The average molecular weight is 425 g/mol. The van der Waals surface area contributed by atoms with Crippen molar-refractivity contribution < 1.29 is 0 Å². The van der Waals surface area contributed by atoms with Crippen molar-refractivity contribution in [3.8, 4) is 11.3 Å². The van der Waals surface area contributed by atoms with Crippen LogP contribution in [0.4, 0.5) is 0 Å². The van der Waals surface area contributed by atoms with Crippen molar-refractivity contribution in [1.82, 2.24) is 23.9 Å². The molecule has 0 N–H and O–H groups in total. The highest BCUT2D eigenvalue weighted by molar-refractivity contribution is 6.21. The van der Waals surface area contributed by atoms with Gasteiger partial charge in [-0.25, -0.2) is 9.97 Å². The van der Waals surface area contributed by atoms with Gasteiger partial charge in [-0.1, -0.05) is 78.9 Å². The Bertz CT molecular complexity index is 1780. The van der Waals surface area contributed by atoms with E-state index in [2.05, 4.69) is 88.4 Å². The summed E-state index contributed by atoms with van der Waals surface area (Å²) in [5, 5.41) is 2.32. The van der Waals surface area contributed by atoms with E-state index in [-0.39, 0.29) is 0 Å². The molecule has 0 amide bonds. The van der Waals surface area contributed by atoms with Crippen LogP contribution in [-0.2, 0) is 6.54 Å². The standard InChI is InChI=1S/C28H19N5/c1-3-9-19(10-4-1)18-33-22-14-8-7-13-21(22)24-26-28(32-16-15-29-17-23(32)30-26)31-25(27(24)33)20-11-5-2-6-12-20/h1-17H,18H2. The molecule has 5 nitrogen and oxygen atoms in total. The Hall–Kier alpha value is -4.51. The van der Waals surface area contributed by atoms with Gasteiger partial charge in [0.25, 0.3) is 0 Å². The highest BCUT2D eigenvalue weighted by Crippen LogP contribution is 2.39. The molecule has 0 atom stereocenters. The van der Waals surface area contributed by atoms with Gasteiger partial charge in [-0.05, 0) is 11.6 Å². The second-order valence-electron chi connectivity index (χ2n) is 8.23. The smallest absolute Gasteiger partial charge is 0.165 e. The molecule has 0 fully saturated rings. The van der Waals surface area contributed by atoms with Gasteiger partial charge in [-0.2, -0.15) is 0 Å². The van der Waals surface area contributed by atoms with Crippen LogP contribution in [-0.4, -0.2) is 23.9 Å². The molecule has 3 aromatic carbocycles. The summed E-state index contributed by atoms with van der Waals surface area (Å²) in [5.74, 6) is 0. The monoisotopic (exact) mass is 425 g/mol. The lowest BCUT2D eigenvalue weighted by Gasteiger charge is -2.11. The minimum absolute atomic E-state index is 0.757. The van der Waals surface area contributed by atoms with Crippen molar-refractivity contribution in [3.63, 3.8) is 0 Å². The first-order chi connectivity index (χ1) is 16.4. The van der Waals surface area contributed by atoms with E-state index in [1.165, 1.54) is 16.5 Å². The molecule has 7 rings (SSSR count). The zero-order chi connectivity index (χ0) is 21.8. The molecule has 0 unspecified atom stereocenters. The van der Waals surface area contributed by atoms with Crippen LogP contribution in [0.25, 0.3) is 49.9 Å². The third-order valence-electron chi connectivity index (χ3n) is 6.29. The molecule has 0 aliphatic rings. The van der Waals surface area contributed by atoms with Crippen molar-refractivity contribution in [2.75, 3.05) is 0 Å². The van der Waals surface area contributed by atoms with Crippen LogP contribution in [0.15, 0.2) is 104 Å². The Balaban J connectivity index is 1.71. The number of benzene rings is 3. The molecule has 0 spiro atoms. The van der Waals surface area contributed by atoms with E-state index in [9.17, 15) is 0 Å². The molecule has 33 heavy (non-hydrogen) atoms. The molecule has 4 aromatic heterocycles. The fourth-order valence-corrected chi connectivity index (χ4v) is 4.84. The first kappa shape index (κ1) is 18.1. The number of para-hydroxylation sites is 1. The normalized spacial score (nSPS) is 11.8. The molecule has 0 aliphatic carbocycles. The lowest BCUT2D eigenvalue weighted by molar-refractivity contribution is 0.868. The molecule has 5 heteroatoms. The largest absolute Gasteiger partial charge is 0.334 e. The van der Waals surface area contributed by atoms with E-state index in [4.69, 9.17) is 9.97 Å². The van der Waals surface area contributed by atoms with Crippen LogP contribution < -0.4 is 0 Å². The van der Waals surface area contributed by atoms with Crippen LogP contribution in [0, 0.1) is 0 Å².